The van der Waals surface area contributed by atoms with Gasteiger partial charge < -0.3 is 10.5 Å². The van der Waals surface area contributed by atoms with Gasteiger partial charge in [0.15, 0.2) is 0 Å². The number of halogens is 2. The molecule has 0 aliphatic rings. The third-order valence-electron chi connectivity index (χ3n) is 2.56. The number of non-ortho nitro benzene ring substituents is 1. The molecule has 8 heteroatoms. The van der Waals surface area contributed by atoms with Gasteiger partial charge in [0.1, 0.15) is 17.3 Å². The summed E-state index contributed by atoms with van der Waals surface area (Å²) in [6, 6.07) is 7.36. The number of hydrogen-bond acceptors (Lipinski definition) is 4. The highest BCUT2D eigenvalue weighted by molar-refractivity contribution is 9.10. The summed E-state index contributed by atoms with van der Waals surface area (Å²) < 4.78 is 18.7. The lowest BCUT2D eigenvalue weighted by atomic mass is 10.1. The molecule has 6 nitrogen and oxygen atoms in total. The summed E-state index contributed by atoms with van der Waals surface area (Å²) in [7, 11) is 0. The standard InChI is InChI=1S/C13H8BrFN2O4/c14-10-6-8(2-3-11(10)15)21-12-4-1-7(17(19)20)5-9(12)13(16)18/h1-6H,(H2,16,18). The molecular weight excluding hydrogens is 347 g/mol. The van der Waals surface area contributed by atoms with Crippen LogP contribution in [-0.4, -0.2) is 10.8 Å². The second-order valence-corrected chi connectivity index (χ2v) is 4.83. The maximum absolute atomic E-state index is 13.1. The van der Waals surface area contributed by atoms with E-state index in [4.69, 9.17) is 10.5 Å². The molecule has 0 spiro atoms. The van der Waals surface area contributed by atoms with Crippen LogP contribution >= 0.6 is 15.9 Å². The van der Waals surface area contributed by atoms with Crippen LogP contribution in [0.1, 0.15) is 10.4 Å². The quantitative estimate of drug-likeness (QED) is 0.672. The molecule has 0 aliphatic carbocycles. The molecule has 0 aromatic heterocycles. The Kier molecular flexibility index (Phi) is 4.18. The monoisotopic (exact) mass is 354 g/mol. The number of amides is 1. The average Bonchev–Trinajstić information content (AvgIpc) is 2.43. The Labute approximate surface area is 126 Å². The first-order valence-corrected chi connectivity index (χ1v) is 6.39. The third-order valence-corrected chi connectivity index (χ3v) is 3.17. The van der Waals surface area contributed by atoms with Crippen LogP contribution < -0.4 is 10.5 Å². The fourth-order valence-corrected chi connectivity index (χ4v) is 1.94. The highest BCUT2D eigenvalue weighted by Gasteiger charge is 2.16. The zero-order valence-electron chi connectivity index (χ0n) is 10.4. The summed E-state index contributed by atoms with van der Waals surface area (Å²) in [6.07, 6.45) is 0. The van der Waals surface area contributed by atoms with E-state index in [1.807, 2.05) is 0 Å². The molecule has 0 bridgehead atoms. The minimum Gasteiger partial charge on any atom is -0.456 e. The van der Waals surface area contributed by atoms with E-state index in [9.17, 15) is 19.3 Å². The lowest BCUT2D eigenvalue weighted by molar-refractivity contribution is -0.384. The highest BCUT2D eigenvalue weighted by Crippen LogP contribution is 2.30. The van der Waals surface area contributed by atoms with Gasteiger partial charge in [0.25, 0.3) is 11.6 Å². The summed E-state index contributed by atoms with van der Waals surface area (Å²) in [5.41, 5.74) is 4.76. The number of hydrogen-bond donors (Lipinski definition) is 1. The van der Waals surface area contributed by atoms with Crippen LogP contribution in [0.4, 0.5) is 10.1 Å². The topological polar surface area (TPSA) is 95.5 Å². The Balaban J connectivity index is 2.41. The molecule has 2 N–H and O–H groups in total. The minimum absolute atomic E-state index is 0.0478. The lowest BCUT2D eigenvalue weighted by Gasteiger charge is -2.09. The zero-order valence-corrected chi connectivity index (χ0v) is 12.0. The molecule has 2 aromatic carbocycles. The van der Waals surface area contributed by atoms with Gasteiger partial charge in [0.05, 0.1) is 15.0 Å². The van der Waals surface area contributed by atoms with Gasteiger partial charge in [-0.05, 0) is 40.2 Å². The molecule has 0 fully saturated rings. The molecule has 1 amide bonds. The number of rotatable bonds is 4. The van der Waals surface area contributed by atoms with E-state index < -0.39 is 16.6 Å². The van der Waals surface area contributed by atoms with E-state index in [0.717, 1.165) is 6.07 Å². The van der Waals surface area contributed by atoms with E-state index in [-0.39, 0.29) is 27.2 Å². The molecule has 0 atom stereocenters. The first kappa shape index (κ1) is 14.9. The molecule has 2 rings (SSSR count). The summed E-state index contributed by atoms with van der Waals surface area (Å²) in [4.78, 5) is 21.4. The van der Waals surface area contributed by atoms with Crippen molar-refractivity contribution < 1.29 is 18.8 Å². The van der Waals surface area contributed by atoms with Gasteiger partial charge in [0, 0.05) is 12.1 Å². The number of carbonyl (C=O) groups is 1. The third kappa shape index (κ3) is 3.34. The molecular formula is C13H8BrFN2O4. The van der Waals surface area contributed by atoms with Crippen LogP contribution in [0, 0.1) is 15.9 Å². The maximum Gasteiger partial charge on any atom is 0.270 e. The van der Waals surface area contributed by atoms with Crippen LogP contribution in [0.25, 0.3) is 0 Å². The second-order valence-electron chi connectivity index (χ2n) is 3.98. The molecule has 0 aliphatic heterocycles. The summed E-state index contributed by atoms with van der Waals surface area (Å²) in [5, 5.41) is 10.7. The van der Waals surface area contributed by atoms with Gasteiger partial charge in [-0.1, -0.05) is 0 Å². The van der Waals surface area contributed by atoms with E-state index in [0.29, 0.717) is 0 Å². The van der Waals surface area contributed by atoms with Gasteiger partial charge in [-0.15, -0.1) is 0 Å². The number of carbonyl (C=O) groups excluding carboxylic acids is 1. The summed E-state index contributed by atoms with van der Waals surface area (Å²) >= 11 is 3.00. The van der Waals surface area contributed by atoms with Gasteiger partial charge in [0.2, 0.25) is 0 Å². The first-order chi connectivity index (χ1) is 9.88. The van der Waals surface area contributed by atoms with Crippen molar-refractivity contribution in [1.29, 1.82) is 0 Å². The molecule has 0 unspecified atom stereocenters. The lowest BCUT2D eigenvalue weighted by Crippen LogP contribution is -2.12. The molecule has 0 heterocycles. The van der Waals surface area contributed by atoms with Crippen molar-refractivity contribution in [1.82, 2.24) is 0 Å². The van der Waals surface area contributed by atoms with Crippen molar-refractivity contribution in [3.05, 3.63) is 62.4 Å². The number of nitro groups is 1. The van der Waals surface area contributed by atoms with Crippen LogP contribution in [-0.2, 0) is 0 Å². The normalized spacial score (nSPS) is 10.2. The SMILES string of the molecule is NC(=O)c1cc([N+](=O)[O-])ccc1Oc1ccc(F)c(Br)c1. The largest absolute Gasteiger partial charge is 0.456 e. The fourth-order valence-electron chi connectivity index (χ4n) is 1.58. The van der Waals surface area contributed by atoms with Crippen molar-refractivity contribution in [3.8, 4) is 11.5 Å². The van der Waals surface area contributed by atoms with Gasteiger partial charge in [-0.25, -0.2) is 4.39 Å². The Morgan fingerprint density at radius 3 is 2.57 bits per heavy atom. The van der Waals surface area contributed by atoms with Crippen LogP contribution in [0.2, 0.25) is 0 Å². The predicted molar refractivity (Wildman–Crippen MR) is 75.8 cm³/mol. The van der Waals surface area contributed by atoms with E-state index in [1.54, 1.807) is 0 Å². The fraction of sp³-hybridized carbons (Fsp3) is 0. The number of benzene rings is 2. The Morgan fingerprint density at radius 2 is 2.00 bits per heavy atom. The van der Waals surface area contributed by atoms with Gasteiger partial charge in [-0.3, -0.25) is 14.9 Å². The Morgan fingerprint density at radius 1 is 1.29 bits per heavy atom. The summed E-state index contributed by atoms with van der Waals surface area (Å²) in [5.74, 6) is -1.04. The molecule has 108 valence electrons. The highest BCUT2D eigenvalue weighted by atomic mass is 79.9. The smallest absolute Gasteiger partial charge is 0.270 e. The van der Waals surface area contributed by atoms with Crippen molar-refractivity contribution in [2.75, 3.05) is 0 Å². The zero-order chi connectivity index (χ0) is 15.6. The first-order valence-electron chi connectivity index (χ1n) is 5.59. The van der Waals surface area contributed by atoms with Crippen molar-refractivity contribution in [2.45, 2.75) is 0 Å². The maximum atomic E-state index is 13.1. The Bertz CT molecular complexity index is 736. The molecule has 0 radical (unpaired) electrons. The Hall–Kier alpha value is -2.48. The summed E-state index contributed by atoms with van der Waals surface area (Å²) in [6.45, 7) is 0. The van der Waals surface area contributed by atoms with Crippen LogP contribution in [0.3, 0.4) is 0 Å². The molecule has 0 saturated heterocycles. The number of nitrogens with two attached hydrogens (primary N) is 1. The minimum atomic E-state index is -0.866. The predicted octanol–water partition coefficient (Wildman–Crippen LogP) is 3.39. The van der Waals surface area contributed by atoms with Crippen molar-refractivity contribution in [3.63, 3.8) is 0 Å². The number of ether oxygens (including phenoxy) is 1. The molecule has 21 heavy (non-hydrogen) atoms. The van der Waals surface area contributed by atoms with E-state index in [2.05, 4.69) is 15.9 Å². The number of primary amides is 1. The van der Waals surface area contributed by atoms with E-state index >= 15 is 0 Å². The van der Waals surface area contributed by atoms with Crippen LogP contribution in [0.5, 0.6) is 11.5 Å². The van der Waals surface area contributed by atoms with Crippen molar-refractivity contribution >= 4 is 27.5 Å². The molecule has 0 saturated carbocycles. The molecule has 2 aromatic rings. The van der Waals surface area contributed by atoms with Crippen molar-refractivity contribution in [2.24, 2.45) is 5.73 Å². The van der Waals surface area contributed by atoms with Gasteiger partial charge in [-0.2, -0.15) is 0 Å². The average molecular weight is 355 g/mol. The number of nitro benzene ring substituents is 1. The van der Waals surface area contributed by atoms with Gasteiger partial charge >= 0.3 is 0 Å². The van der Waals surface area contributed by atoms with E-state index in [1.165, 1.54) is 30.3 Å². The number of nitrogens with zero attached hydrogens (tertiary/aromatic N) is 1. The van der Waals surface area contributed by atoms with Crippen LogP contribution in [0.15, 0.2) is 40.9 Å². The second kappa shape index (κ2) is 5.88.